The maximum absolute atomic E-state index is 11.0. The Kier molecular flexibility index (Phi) is 5.76. The molecule has 5 nitrogen and oxygen atoms in total. The second-order valence-corrected chi connectivity index (χ2v) is 9.90. The lowest BCUT2D eigenvalue weighted by atomic mass is 9.84. The summed E-state index contributed by atoms with van der Waals surface area (Å²) in [6, 6.07) is 2.39. The zero-order valence-electron chi connectivity index (χ0n) is 18.0. The van der Waals surface area contributed by atoms with Gasteiger partial charge in [-0.1, -0.05) is 18.4 Å². The molecule has 2 aromatic rings. The molecule has 0 radical (unpaired) electrons. The van der Waals surface area contributed by atoms with Gasteiger partial charge in [0.25, 0.3) is 0 Å². The van der Waals surface area contributed by atoms with Crippen LogP contribution in [0.4, 0.5) is 0 Å². The van der Waals surface area contributed by atoms with Gasteiger partial charge in [0.15, 0.2) is 0 Å². The molecule has 0 amide bonds. The number of aryl methyl sites for hydroxylation is 1. The van der Waals surface area contributed by atoms with Crippen LogP contribution in [-0.2, 0) is 0 Å². The Labute approximate surface area is 177 Å². The molecular weight excluding hydrogens is 380 g/mol. The van der Waals surface area contributed by atoms with Crippen LogP contribution in [0.2, 0.25) is 0 Å². The summed E-state index contributed by atoms with van der Waals surface area (Å²) in [5, 5.41) is 15.7. The normalized spacial score (nSPS) is 24.2. The molecule has 2 fully saturated rings. The molecule has 2 aliphatic rings. The van der Waals surface area contributed by atoms with Gasteiger partial charge in [0.1, 0.15) is 16.4 Å². The first-order chi connectivity index (χ1) is 13.9. The van der Waals surface area contributed by atoms with Gasteiger partial charge in [-0.15, -0.1) is 11.3 Å². The smallest absolute Gasteiger partial charge is 0.131 e. The van der Waals surface area contributed by atoms with Crippen molar-refractivity contribution in [2.45, 2.75) is 77.4 Å². The van der Waals surface area contributed by atoms with Gasteiger partial charge in [0.2, 0.25) is 0 Å². The van der Waals surface area contributed by atoms with Crippen molar-refractivity contribution in [3.8, 4) is 0 Å². The van der Waals surface area contributed by atoms with Crippen LogP contribution in [-0.4, -0.2) is 39.6 Å². The van der Waals surface area contributed by atoms with E-state index in [1.54, 1.807) is 11.3 Å². The molecule has 2 aliphatic carbocycles. The van der Waals surface area contributed by atoms with E-state index in [1.807, 2.05) is 26.2 Å². The van der Waals surface area contributed by atoms with Gasteiger partial charge < -0.3 is 10.4 Å². The van der Waals surface area contributed by atoms with E-state index in [9.17, 15) is 5.11 Å². The lowest BCUT2D eigenvalue weighted by Gasteiger charge is -2.30. The van der Waals surface area contributed by atoms with Gasteiger partial charge in [-0.25, -0.2) is 4.98 Å². The molecule has 0 bridgehead atoms. The fraction of sp³-hybridized carbons (Fsp3) is 0.609. The molecule has 2 heterocycles. The average Bonchev–Trinajstić information content (AvgIpc) is 3.41. The van der Waals surface area contributed by atoms with Crippen molar-refractivity contribution in [1.29, 1.82) is 0 Å². The zero-order valence-corrected chi connectivity index (χ0v) is 18.8. The highest BCUT2D eigenvalue weighted by atomic mass is 32.1. The maximum atomic E-state index is 11.0. The maximum Gasteiger partial charge on any atom is 0.131 e. The predicted octanol–water partition coefficient (Wildman–Crippen LogP) is 4.88. The molecule has 0 aliphatic heterocycles. The van der Waals surface area contributed by atoms with Crippen LogP contribution in [0.3, 0.4) is 0 Å². The first kappa shape index (κ1) is 20.5. The highest BCUT2D eigenvalue weighted by Crippen LogP contribution is 2.44. The van der Waals surface area contributed by atoms with Gasteiger partial charge in [0, 0.05) is 19.3 Å². The van der Waals surface area contributed by atoms with Crippen LogP contribution in [0.15, 0.2) is 22.8 Å². The molecule has 0 spiro atoms. The molecule has 156 valence electrons. The third-order valence-corrected chi connectivity index (χ3v) is 7.71. The Morgan fingerprint density at radius 3 is 2.69 bits per heavy atom. The van der Waals surface area contributed by atoms with Gasteiger partial charge >= 0.3 is 0 Å². The summed E-state index contributed by atoms with van der Waals surface area (Å²) in [4.78, 5) is 13.9. The SMILES string of the molecule is CN=C(NC1CCC(C2(O)CCCC2)C1)C(=C(C)C)c1nc2c(C)nccc2s1. The van der Waals surface area contributed by atoms with Crippen LogP contribution in [0, 0.1) is 12.8 Å². The highest BCUT2D eigenvalue weighted by molar-refractivity contribution is 7.19. The molecule has 6 heteroatoms. The summed E-state index contributed by atoms with van der Waals surface area (Å²) in [5.41, 5.74) is 3.80. The van der Waals surface area contributed by atoms with Crippen LogP contribution in [0.5, 0.6) is 0 Å². The number of pyridine rings is 1. The van der Waals surface area contributed by atoms with Crippen molar-refractivity contribution < 1.29 is 5.11 Å². The number of nitrogens with one attached hydrogen (secondary N) is 1. The van der Waals surface area contributed by atoms with Crippen molar-refractivity contribution in [2.24, 2.45) is 10.9 Å². The molecule has 2 aromatic heterocycles. The van der Waals surface area contributed by atoms with E-state index >= 15 is 0 Å². The largest absolute Gasteiger partial charge is 0.390 e. The summed E-state index contributed by atoms with van der Waals surface area (Å²) in [6.45, 7) is 6.25. The minimum Gasteiger partial charge on any atom is -0.390 e. The number of rotatable bonds is 4. The number of amidine groups is 1. The summed E-state index contributed by atoms with van der Waals surface area (Å²) in [5.74, 6) is 1.32. The number of allylic oxidation sites excluding steroid dienone is 1. The Bertz CT molecular complexity index is 951. The minimum absolute atomic E-state index is 0.357. The Balaban J connectivity index is 1.55. The van der Waals surface area contributed by atoms with E-state index in [0.717, 1.165) is 64.4 Å². The third kappa shape index (κ3) is 3.97. The minimum atomic E-state index is -0.434. The van der Waals surface area contributed by atoms with E-state index in [4.69, 9.17) is 4.98 Å². The van der Waals surface area contributed by atoms with Crippen LogP contribution in [0.25, 0.3) is 15.8 Å². The van der Waals surface area contributed by atoms with Crippen molar-refractivity contribution in [3.63, 3.8) is 0 Å². The van der Waals surface area contributed by atoms with Gasteiger partial charge in [-0.3, -0.25) is 9.98 Å². The second kappa shape index (κ2) is 8.15. The summed E-state index contributed by atoms with van der Waals surface area (Å²) < 4.78 is 1.16. The summed E-state index contributed by atoms with van der Waals surface area (Å²) in [6.07, 6.45) is 9.33. The lowest BCUT2D eigenvalue weighted by Crippen LogP contribution is -2.37. The van der Waals surface area contributed by atoms with Gasteiger partial charge in [-0.2, -0.15) is 0 Å². The van der Waals surface area contributed by atoms with Crippen molar-refractivity contribution in [3.05, 3.63) is 28.5 Å². The van der Waals surface area contributed by atoms with Crippen LogP contribution in [0.1, 0.15) is 69.5 Å². The number of aliphatic hydroxyl groups is 1. The second-order valence-electron chi connectivity index (χ2n) is 8.87. The van der Waals surface area contributed by atoms with Gasteiger partial charge in [0.05, 0.1) is 21.6 Å². The molecule has 29 heavy (non-hydrogen) atoms. The molecule has 2 N–H and O–H groups in total. The zero-order chi connectivity index (χ0) is 20.6. The molecule has 0 aromatic carbocycles. The molecular formula is C23H32N4OS. The van der Waals surface area contributed by atoms with E-state index in [1.165, 1.54) is 18.4 Å². The highest BCUT2D eigenvalue weighted by Gasteiger charge is 2.43. The fourth-order valence-corrected chi connectivity index (χ4v) is 6.25. The van der Waals surface area contributed by atoms with E-state index < -0.39 is 5.60 Å². The Hall–Kier alpha value is -1.79. The number of hydrogen-bond donors (Lipinski definition) is 2. The lowest BCUT2D eigenvalue weighted by molar-refractivity contribution is -0.0103. The third-order valence-electron chi connectivity index (χ3n) is 6.67. The molecule has 2 saturated carbocycles. The number of hydrogen-bond acceptors (Lipinski definition) is 5. The quantitative estimate of drug-likeness (QED) is 0.554. The number of thiazole rings is 1. The monoisotopic (exact) mass is 412 g/mol. The van der Waals surface area contributed by atoms with Crippen molar-refractivity contribution in [1.82, 2.24) is 15.3 Å². The summed E-state index contributed by atoms with van der Waals surface area (Å²) in [7, 11) is 1.85. The molecule has 2 unspecified atom stereocenters. The number of nitrogens with zero attached hydrogens (tertiary/aromatic N) is 3. The predicted molar refractivity (Wildman–Crippen MR) is 121 cm³/mol. The van der Waals surface area contributed by atoms with E-state index in [2.05, 4.69) is 29.1 Å². The number of fused-ring (bicyclic) bond motifs is 1. The van der Waals surface area contributed by atoms with Crippen LogP contribution < -0.4 is 5.32 Å². The molecule has 4 rings (SSSR count). The first-order valence-corrected chi connectivity index (χ1v) is 11.6. The van der Waals surface area contributed by atoms with E-state index in [-0.39, 0.29) is 0 Å². The van der Waals surface area contributed by atoms with Gasteiger partial charge in [-0.05, 0) is 64.9 Å². The number of aromatic nitrogens is 2. The topological polar surface area (TPSA) is 70.4 Å². The average molecular weight is 413 g/mol. The fourth-order valence-electron chi connectivity index (χ4n) is 5.08. The first-order valence-electron chi connectivity index (χ1n) is 10.8. The Morgan fingerprint density at radius 1 is 1.28 bits per heavy atom. The number of aliphatic imine (C=N–C) groups is 1. The molecule has 0 saturated heterocycles. The summed E-state index contributed by atoms with van der Waals surface area (Å²) >= 11 is 1.70. The van der Waals surface area contributed by atoms with Crippen molar-refractivity contribution in [2.75, 3.05) is 7.05 Å². The standard InChI is InChI=1S/C23H32N4OS/c1-14(2)19(22-27-20-15(3)25-12-9-18(20)29-22)21(24-4)26-17-8-7-16(13-17)23(28)10-5-6-11-23/h9,12,16-17,28H,5-8,10-11,13H2,1-4H3,(H,24,26). The Morgan fingerprint density at radius 2 is 2.03 bits per heavy atom. The van der Waals surface area contributed by atoms with Crippen LogP contribution >= 0.6 is 11.3 Å². The molecule has 2 atom stereocenters. The van der Waals surface area contributed by atoms with E-state index in [0.29, 0.717) is 12.0 Å². The van der Waals surface area contributed by atoms with Crippen molar-refractivity contribution >= 4 is 33.0 Å².